The van der Waals surface area contributed by atoms with Gasteiger partial charge in [0, 0.05) is 54.3 Å². The molecule has 2 rings (SSSR count). The number of halogens is 1. The van der Waals surface area contributed by atoms with Gasteiger partial charge < -0.3 is 26.2 Å². The Bertz CT molecular complexity index is 745. The second-order valence-corrected chi connectivity index (χ2v) is 6.43. The van der Waals surface area contributed by atoms with Gasteiger partial charge in [-0.1, -0.05) is 12.1 Å². The number of methoxy groups -OCH3 is 1. The fourth-order valence-corrected chi connectivity index (χ4v) is 2.98. The van der Waals surface area contributed by atoms with Crippen LogP contribution in [-0.4, -0.2) is 31.4 Å². The van der Waals surface area contributed by atoms with Gasteiger partial charge in [0.1, 0.15) is 0 Å². The Hall–Kier alpha value is -2.51. The number of carbonyl (C=O) groups excluding carboxylic acids is 1. The number of hydrazine groups is 1. The molecule has 1 aliphatic rings. The van der Waals surface area contributed by atoms with Crippen LogP contribution in [-0.2, 0) is 15.4 Å². The van der Waals surface area contributed by atoms with E-state index in [4.69, 9.17) is 33.3 Å². The summed E-state index contributed by atoms with van der Waals surface area (Å²) in [4.78, 5) is 12.1. The van der Waals surface area contributed by atoms with Crippen molar-refractivity contribution in [3.05, 3.63) is 53.0 Å². The Kier molecular flexibility index (Phi) is 6.65. The Morgan fingerprint density at radius 3 is 2.81 bits per heavy atom. The number of anilines is 1. The molecule has 26 heavy (non-hydrogen) atoms. The fourth-order valence-electron chi connectivity index (χ4n) is 2.82. The molecule has 0 heterocycles. The molecule has 1 aromatic rings. The van der Waals surface area contributed by atoms with Gasteiger partial charge in [0.2, 0.25) is 0 Å². The molecule has 1 saturated carbocycles. The summed E-state index contributed by atoms with van der Waals surface area (Å²) in [6.45, 7) is 0. The third kappa shape index (κ3) is 4.77. The van der Waals surface area contributed by atoms with Crippen molar-refractivity contribution < 1.29 is 9.53 Å². The quantitative estimate of drug-likeness (QED) is 0.138. The van der Waals surface area contributed by atoms with Crippen LogP contribution < -0.4 is 16.9 Å². The highest BCUT2D eigenvalue weighted by molar-refractivity contribution is 6.17. The van der Waals surface area contributed by atoms with Crippen molar-refractivity contribution in [3.8, 4) is 0 Å². The molecule has 0 amide bonds. The summed E-state index contributed by atoms with van der Waals surface area (Å²) in [6.07, 6.45) is 3.41. The van der Waals surface area contributed by atoms with Crippen molar-refractivity contribution in [1.82, 2.24) is 5.01 Å². The number of allylic oxidation sites excluding steroid dienone is 2. The number of hydrogen-bond donors (Lipinski definition) is 4. The molecule has 0 spiro atoms. The second kappa shape index (κ2) is 8.73. The average molecular weight is 378 g/mol. The minimum Gasteiger partial charge on any atom is -0.465 e. The number of benzene rings is 1. The van der Waals surface area contributed by atoms with Gasteiger partial charge in [0.25, 0.3) is 0 Å². The number of nitrogens with one attached hydrogen (secondary N) is 2. The zero-order valence-corrected chi connectivity index (χ0v) is 15.6. The molecule has 140 valence electrons. The van der Waals surface area contributed by atoms with Gasteiger partial charge in [-0.05, 0) is 24.1 Å². The summed E-state index contributed by atoms with van der Waals surface area (Å²) in [6, 6.07) is 7.56. The van der Waals surface area contributed by atoms with E-state index in [9.17, 15) is 4.79 Å². The van der Waals surface area contributed by atoms with E-state index in [-0.39, 0.29) is 17.4 Å². The van der Waals surface area contributed by atoms with E-state index >= 15 is 0 Å². The predicted octanol–water partition coefficient (Wildman–Crippen LogP) is 2.16. The first kappa shape index (κ1) is 19.8. The summed E-state index contributed by atoms with van der Waals surface area (Å²) >= 11 is 5.90. The van der Waals surface area contributed by atoms with Crippen molar-refractivity contribution in [3.63, 3.8) is 0 Å². The van der Waals surface area contributed by atoms with Crippen LogP contribution in [0.1, 0.15) is 12.0 Å². The van der Waals surface area contributed by atoms with Crippen molar-refractivity contribution in [1.29, 1.82) is 5.41 Å². The van der Waals surface area contributed by atoms with Gasteiger partial charge in [-0.15, -0.1) is 11.6 Å². The highest BCUT2D eigenvalue weighted by Gasteiger charge is 2.44. The topological polar surface area (TPSA) is 117 Å². The summed E-state index contributed by atoms with van der Waals surface area (Å²) in [5.74, 6) is 5.45. The first-order valence-corrected chi connectivity index (χ1v) is 8.64. The van der Waals surface area contributed by atoms with E-state index in [0.29, 0.717) is 17.3 Å². The average Bonchev–Trinajstić information content (AvgIpc) is 3.41. The molecule has 0 bridgehead atoms. The lowest BCUT2D eigenvalue weighted by Gasteiger charge is -2.15. The lowest BCUT2D eigenvalue weighted by atomic mass is 10.1. The number of nitrogens with zero attached hydrogens (tertiary/aromatic N) is 1. The maximum atomic E-state index is 12.1. The van der Waals surface area contributed by atoms with Gasteiger partial charge in [0.05, 0.1) is 12.7 Å². The SMILES string of the molecule is COC(=O)/C(C=N)=C(/Nc1cccc(CCl)c1)[C@@H]1CC1/C(N)=C/N(C)N. The molecular formula is C18H24ClN5O2. The van der Waals surface area contributed by atoms with Gasteiger partial charge in [0.15, 0.2) is 0 Å². The number of ether oxygens (including phenoxy) is 1. The van der Waals surface area contributed by atoms with Crippen molar-refractivity contribution >= 4 is 29.5 Å². The third-order valence-corrected chi connectivity index (χ3v) is 4.45. The zero-order chi connectivity index (χ0) is 19.3. The maximum absolute atomic E-state index is 12.1. The van der Waals surface area contributed by atoms with E-state index in [1.54, 1.807) is 13.2 Å². The number of nitrogens with two attached hydrogens (primary N) is 2. The number of alkyl halides is 1. The molecule has 1 aromatic carbocycles. The maximum Gasteiger partial charge on any atom is 0.341 e. The molecule has 6 N–H and O–H groups in total. The lowest BCUT2D eigenvalue weighted by molar-refractivity contribution is -0.135. The first-order chi connectivity index (χ1) is 12.4. The minimum absolute atomic E-state index is 0.0263. The van der Waals surface area contributed by atoms with Crippen molar-refractivity contribution in [2.75, 3.05) is 19.5 Å². The van der Waals surface area contributed by atoms with Crippen molar-refractivity contribution in [2.45, 2.75) is 12.3 Å². The molecule has 8 heteroatoms. The minimum atomic E-state index is -0.569. The Morgan fingerprint density at radius 1 is 1.50 bits per heavy atom. The molecule has 7 nitrogen and oxygen atoms in total. The van der Waals surface area contributed by atoms with E-state index in [1.807, 2.05) is 24.3 Å². The number of carbonyl (C=O) groups is 1. The lowest BCUT2D eigenvalue weighted by Crippen LogP contribution is -2.22. The van der Waals surface area contributed by atoms with Gasteiger partial charge in [-0.2, -0.15) is 0 Å². The molecule has 0 radical (unpaired) electrons. The highest BCUT2D eigenvalue weighted by Crippen LogP contribution is 2.48. The van der Waals surface area contributed by atoms with E-state index in [1.165, 1.54) is 12.1 Å². The fraction of sp³-hybridized carbons (Fsp3) is 0.333. The first-order valence-electron chi connectivity index (χ1n) is 8.10. The van der Waals surface area contributed by atoms with Crippen LogP contribution in [0, 0.1) is 17.2 Å². The van der Waals surface area contributed by atoms with Crippen molar-refractivity contribution in [2.24, 2.45) is 23.4 Å². The number of rotatable bonds is 8. The molecular weight excluding hydrogens is 354 g/mol. The predicted molar refractivity (Wildman–Crippen MR) is 103 cm³/mol. The van der Waals surface area contributed by atoms with Crippen LogP contribution in [0.25, 0.3) is 0 Å². The monoisotopic (exact) mass is 377 g/mol. The summed E-state index contributed by atoms with van der Waals surface area (Å²) < 4.78 is 4.82. The summed E-state index contributed by atoms with van der Waals surface area (Å²) in [5, 5.41) is 12.3. The van der Waals surface area contributed by atoms with Gasteiger partial charge >= 0.3 is 5.97 Å². The van der Waals surface area contributed by atoms with Gasteiger partial charge in [-0.3, -0.25) is 0 Å². The van der Waals surface area contributed by atoms with Crippen LogP contribution in [0.3, 0.4) is 0 Å². The Balaban J connectivity index is 2.36. The molecule has 1 unspecified atom stereocenters. The number of esters is 1. The van der Waals surface area contributed by atoms with Gasteiger partial charge in [-0.25, -0.2) is 10.6 Å². The number of hydrogen-bond acceptors (Lipinski definition) is 7. The molecule has 0 aliphatic heterocycles. The van der Waals surface area contributed by atoms with E-state index in [0.717, 1.165) is 23.9 Å². The van der Waals surface area contributed by atoms with Crippen LogP contribution in [0.5, 0.6) is 0 Å². The second-order valence-electron chi connectivity index (χ2n) is 6.17. The normalized spacial score (nSPS) is 20.1. The molecule has 2 atom stereocenters. The van der Waals surface area contributed by atoms with E-state index < -0.39 is 5.97 Å². The summed E-state index contributed by atoms with van der Waals surface area (Å²) in [7, 11) is 2.98. The Morgan fingerprint density at radius 2 is 2.23 bits per heavy atom. The highest BCUT2D eigenvalue weighted by atomic mass is 35.5. The molecule has 0 aromatic heterocycles. The van der Waals surface area contributed by atoms with Crippen LogP contribution in [0.15, 0.2) is 47.4 Å². The Labute approximate surface area is 158 Å². The van der Waals surface area contributed by atoms with Crippen LogP contribution >= 0.6 is 11.6 Å². The standard InChI is InChI=1S/C18H24ClN5O2/c1-24(22)10-16(21)13-7-14(13)17(15(9-20)18(25)26-2)23-12-5-3-4-11(6-12)8-19/h3-6,9-10,13-14,20,23H,7-8,21-22H2,1-2H3/b16-10-,17-15+,20-9?/t13?,14-/m1/s1. The van der Waals surface area contributed by atoms with E-state index in [2.05, 4.69) is 5.32 Å². The smallest absolute Gasteiger partial charge is 0.341 e. The third-order valence-electron chi connectivity index (χ3n) is 4.14. The largest absolute Gasteiger partial charge is 0.465 e. The molecule has 0 saturated heterocycles. The molecule has 1 fully saturated rings. The molecule has 1 aliphatic carbocycles. The summed E-state index contributed by atoms with van der Waals surface area (Å²) in [5.41, 5.74) is 9.23. The van der Waals surface area contributed by atoms with Crippen LogP contribution in [0.2, 0.25) is 0 Å². The zero-order valence-electron chi connectivity index (χ0n) is 14.8. The van der Waals surface area contributed by atoms with Crippen LogP contribution in [0.4, 0.5) is 5.69 Å².